The molecule has 4 nitrogen and oxygen atoms in total. The van der Waals surface area contributed by atoms with Gasteiger partial charge in [0, 0.05) is 6.54 Å². The number of rotatable bonds is 4. The number of esters is 1. The Hall–Kier alpha value is -1.93. The fourth-order valence-electron chi connectivity index (χ4n) is 1.30. The fourth-order valence-corrected chi connectivity index (χ4v) is 1.30. The van der Waals surface area contributed by atoms with Crippen molar-refractivity contribution in [2.75, 3.05) is 7.11 Å². The minimum absolute atomic E-state index is 0.00461. The van der Waals surface area contributed by atoms with E-state index < -0.39 is 11.9 Å². The summed E-state index contributed by atoms with van der Waals surface area (Å²) in [5.41, 5.74) is 0.730. The largest absolute Gasteiger partial charge is 0.468 e. The number of carbonyl (C=O) groups is 1. The van der Waals surface area contributed by atoms with Gasteiger partial charge < -0.3 is 10.1 Å². The summed E-state index contributed by atoms with van der Waals surface area (Å²) in [5, 5.41) is 11.6. The van der Waals surface area contributed by atoms with Gasteiger partial charge in [0.1, 0.15) is 17.9 Å². The molecule has 90 valence electrons. The standard InChI is InChI=1S/C12H13FN2O2/c1-8(12(16)17-2)15-7-9-3-4-11(13)10(5-9)6-14/h3-5,8,15H,7H2,1-2H3/t8-/m0/s1. The lowest BCUT2D eigenvalue weighted by molar-refractivity contribution is -0.142. The summed E-state index contributed by atoms with van der Waals surface area (Å²) in [6.07, 6.45) is 0. The zero-order chi connectivity index (χ0) is 12.8. The lowest BCUT2D eigenvalue weighted by atomic mass is 10.1. The Bertz CT molecular complexity index is 454. The van der Waals surface area contributed by atoms with Crippen LogP contribution in [-0.4, -0.2) is 19.1 Å². The average molecular weight is 236 g/mol. The molecule has 0 aliphatic rings. The van der Waals surface area contributed by atoms with Crippen molar-refractivity contribution in [3.05, 3.63) is 35.1 Å². The first-order valence-electron chi connectivity index (χ1n) is 5.08. The molecule has 0 fully saturated rings. The number of halogens is 1. The number of benzene rings is 1. The maximum absolute atomic E-state index is 13.0. The van der Waals surface area contributed by atoms with Gasteiger partial charge in [-0.05, 0) is 24.6 Å². The molecule has 0 heterocycles. The van der Waals surface area contributed by atoms with Crippen LogP contribution in [-0.2, 0) is 16.1 Å². The summed E-state index contributed by atoms with van der Waals surface area (Å²) in [6, 6.07) is 5.56. The number of methoxy groups -OCH3 is 1. The van der Waals surface area contributed by atoms with Crippen LogP contribution in [0, 0.1) is 17.1 Å². The van der Waals surface area contributed by atoms with Crippen molar-refractivity contribution in [3.63, 3.8) is 0 Å². The van der Waals surface area contributed by atoms with Crippen LogP contribution in [0.3, 0.4) is 0 Å². The van der Waals surface area contributed by atoms with Gasteiger partial charge in [0.05, 0.1) is 12.7 Å². The molecule has 0 aliphatic carbocycles. The summed E-state index contributed by atoms with van der Waals surface area (Å²) >= 11 is 0. The monoisotopic (exact) mass is 236 g/mol. The van der Waals surface area contributed by atoms with E-state index in [0.717, 1.165) is 5.56 Å². The molecule has 1 atom stereocenters. The predicted molar refractivity (Wildman–Crippen MR) is 59.4 cm³/mol. The molecule has 0 bridgehead atoms. The third kappa shape index (κ3) is 3.54. The van der Waals surface area contributed by atoms with Crippen molar-refractivity contribution in [1.29, 1.82) is 5.26 Å². The fraction of sp³-hybridized carbons (Fsp3) is 0.333. The Labute approximate surface area is 99.0 Å². The highest BCUT2D eigenvalue weighted by Crippen LogP contribution is 2.09. The second-order valence-electron chi connectivity index (χ2n) is 3.55. The molecular weight excluding hydrogens is 223 g/mol. The molecule has 0 radical (unpaired) electrons. The van der Waals surface area contributed by atoms with Crippen LogP contribution in [0.2, 0.25) is 0 Å². The molecule has 1 N–H and O–H groups in total. The maximum Gasteiger partial charge on any atom is 0.322 e. The van der Waals surface area contributed by atoms with E-state index in [9.17, 15) is 9.18 Å². The minimum atomic E-state index is -0.544. The Morgan fingerprint density at radius 3 is 2.94 bits per heavy atom. The van der Waals surface area contributed by atoms with Gasteiger partial charge in [-0.25, -0.2) is 4.39 Å². The highest BCUT2D eigenvalue weighted by Gasteiger charge is 2.12. The van der Waals surface area contributed by atoms with Gasteiger partial charge in [-0.2, -0.15) is 5.26 Å². The van der Waals surface area contributed by atoms with E-state index in [-0.39, 0.29) is 11.5 Å². The Morgan fingerprint density at radius 1 is 1.65 bits per heavy atom. The lowest BCUT2D eigenvalue weighted by Gasteiger charge is -2.11. The minimum Gasteiger partial charge on any atom is -0.468 e. The highest BCUT2D eigenvalue weighted by atomic mass is 19.1. The number of hydrogen-bond acceptors (Lipinski definition) is 4. The van der Waals surface area contributed by atoms with Gasteiger partial charge in [-0.15, -0.1) is 0 Å². The van der Waals surface area contributed by atoms with Crippen molar-refractivity contribution in [3.8, 4) is 6.07 Å². The second kappa shape index (κ2) is 5.97. The maximum atomic E-state index is 13.0. The molecule has 17 heavy (non-hydrogen) atoms. The van der Waals surface area contributed by atoms with Crippen LogP contribution < -0.4 is 5.32 Å². The summed E-state index contributed by atoms with van der Waals surface area (Å²) < 4.78 is 17.6. The van der Waals surface area contributed by atoms with Crippen LogP contribution in [0.1, 0.15) is 18.1 Å². The first-order valence-corrected chi connectivity index (χ1v) is 5.08. The molecule has 5 heteroatoms. The molecule has 0 spiro atoms. The SMILES string of the molecule is COC(=O)[C@H](C)NCc1ccc(F)c(C#N)c1. The van der Waals surface area contributed by atoms with Gasteiger partial charge >= 0.3 is 5.97 Å². The van der Waals surface area contributed by atoms with Crippen LogP contribution in [0.15, 0.2) is 18.2 Å². The first-order chi connectivity index (χ1) is 8.08. The summed E-state index contributed by atoms with van der Waals surface area (Å²) in [6.45, 7) is 2.03. The Kier molecular flexibility index (Phi) is 4.61. The summed E-state index contributed by atoms with van der Waals surface area (Å²) in [5.74, 6) is -0.912. The average Bonchev–Trinajstić information content (AvgIpc) is 2.36. The first kappa shape index (κ1) is 13.1. The zero-order valence-corrected chi connectivity index (χ0v) is 9.66. The highest BCUT2D eigenvalue weighted by molar-refractivity contribution is 5.75. The molecule has 0 saturated heterocycles. The molecule has 1 aromatic rings. The quantitative estimate of drug-likeness (QED) is 0.801. The molecule has 0 amide bonds. The third-order valence-electron chi connectivity index (χ3n) is 2.32. The van der Waals surface area contributed by atoms with Crippen molar-refractivity contribution in [2.24, 2.45) is 0 Å². The molecule has 0 unspecified atom stereocenters. The number of ether oxygens (including phenoxy) is 1. The van der Waals surface area contributed by atoms with E-state index in [1.54, 1.807) is 19.1 Å². The predicted octanol–water partition coefficient (Wildman–Crippen LogP) is 1.35. The van der Waals surface area contributed by atoms with E-state index in [1.807, 2.05) is 0 Å². The van der Waals surface area contributed by atoms with Crippen molar-refractivity contribution < 1.29 is 13.9 Å². The topological polar surface area (TPSA) is 62.1 Å². The van der Waals surface area contributed by atoms with Crippen LogP contribution in [0.4, 0.5) is 4.39 Å². The van der Waals surface area contributed by atoms with E-state index >= 15 is 0 Å². The second-order valence-corrected chi connectivity index (χ2v) is 3.55. The Balaban J connectivity index is 2.65. The van der Waals surface area contributed by atoms with Crippen LogP contribution in [0.25, 0.3) is 0 Å². The Morgan fingerprint density at radius 2 is 2.35 bits per heavy atom. The summed E-state index contributed by atoms with van der Waals surface area (Å²) in [7, 11) is 1.31. The molecule has 1 aromatic carbocycles. The lowest BCUT2D eigenvalue weighted by Crippen LogP contribution is -2.34. The molecule has 0 aliphatic heterocycles. The molecule has 0 saturated carbocycles. The van der Waals surface area contributed by atoms with Gasteiger partial charge in [-0.1, -0.05) is 6.07 Å². The third-order valence-corrected chi connectivity index (χ3v) is 2.32. The van der Waals surface area contributed by atoms with Crippen molar-refractivity contribution in [1.82, 2.24) is 5.32 Å². The van der Waals surface area contributed by atoms with E-state index in [1.165, 1.54) is 19.2 Å². The van der Waals surface area contributed by atoms with Gasteiger partial charge in [0.15, 0.2) is 0 Å². The summed E-state index contributed by atoms with van der Waals surface area (Å²) in [4.78, 5) is 11.1. The van der Waals surface area contributed by atoms with Crippen LogP contribution in [0.5, 0.6) is 0 Å². The van der Waals surface area contributed by atoms with Crippen molar-refractivity contribution in [2.45, 2.75) is 19.5 Å². The van der Waals surface area contributed by atoms with E-state index in [0.29, 0.717) is 6.54 Å². The van der Waals surface area contributed by atoms with Crippen molar-refractivity contribution >= 4 is 5.97 Å². The molecular formula is C12H13FN2O2. The number of nitrogens with zero attached hydrogens (tertiary/aromatic N) is 1. The van der Waals surface area contributed by atoms with E-state index in [2.05, 4.69) is 10.1 Å². The number of nitriles is 1. The van der Waals surface area contributed by atoms with Gasteiger partial charge in [0.2, 0.25) is 0 Å². The number of nitrogens with one attached hydrogen (secondary N) is 1. The van der Waals surface area contributed by atoms with Gasteiger partial charge in [-0.3, -0.25) is 4.79 Å². The number of hydrogen-bond donors (Lipinski definition) is 1. The van der Waals surface area contributed by atoms with E-state index in [4.69, 9.17) is 5.26 Å². The van der Waals surface area contributed by atoms with Gasteiger partial charge in [0.25, 0.3) is 0 Å². The molecule has 0 aromatic heterocycles. The van der Waals surface area contributed by atoms with Crippen LogP contribution >= 0.6 is 0 Å². The normalized spacial score (nSPS) is 11.6. The smallest absolute Gasteiger partial charge is 0.322 e. The molecule has 1 rings (SSSR count). The zero-order valence-electron chi connectivity index (χ0n) is 9.66. The number of carbonyl (C=O) groups excluding carboxylic acids is 1.